The molecule has 24 heavy (non-hydrogen) atoms. The van der Waals surface area contributed by atoms with E-state index in [1.165, 1.54) is 0 Å². The van der Waals surface area contributed by atoms with Gasteiger partial charge < -0.3 is 15.0 Å². The molecule has 1 heterocycles. The van der Waals surface area contributed by atoms with Crippen LogP contribution in [0.2, 0.25) is 0 Å². The van der Waals surface area contributed by atoms with E-state index in [2.05, 4.69) is 5.32 Å². The lowest BCUT2D eigenvalue weighted by Gasteiger charge is -2.16. The highest BCUT2D eigenvalue weighted by Crippen LogP contribution is 2.24. The number of benzene rings is 2. The van der Waals surface area contributed by atoms with Crippen LogP contribution in [0.3, 0.4) is 0 Å². The molecule has 0 spiro atoms. The van der Waals surface area contributed by atoms with Gasteiger partial charge >= 0.3 is 0 Å². The molecule has 3 rings (SSSR count). The highest BCUT2D eigenvalue weighted by molar-refractivity contribution is 5.97. The summed E-state index contributed by atoms with van der Waals surface area (Å²) in [6.45, 7) is 2.66. The van der Waals surface area contributed by atoms with Crippen LogP contribution in [-0.4, -0.2) is 25.0 Å². The third-order valence-corrected chi connectivity index (χ3v) is 3.91. The number of anilines is 2. The Hall–Kier alpha value is -2.82. The molecule has 1 aliphatic heterocycles. The van der Waals surface area contributed by atoms with Crippen molar-refractivity contribution < 1.29 is 14.3 Å². The van der Waals surface area contributed by atoms with Crippen LogP contribution in [-0.2, 0) is 9.59 Å². The molecule has 1 aliphatic rings. The van der Waals surface area contributed by atoms with Gasteiger partial charge in [0.1, 0.15) is 5.75 Å². The van der Waals surface area contributed by atoms with Crippen LogP contribution < -0.4 is 15.0 Å². The maximum Gasteiger partial charge on any atom is 0.262 e. The molecule has 0 atom stereocenters. The maximum atomic E-state index is 12.0. The number of amides is 2. The number of nitrogens with zero attached hydrogens (tertiary/aromatic N) is 1. The van der Waals surface area contributed by atoms with E-state index in [1.807, 2.05) is 49.4 Å². The Morgan fingerprint density at radius 3 is 2.71 bits per heavy atom. The van der Waals surface area contributed by atoms with Crippen molar-refractivity contribution in [2.75, 3.05) is 23.4 Å². The molecule has 0 bridgehead atoms. The van der Waals surface area contributed by atoms with Crippen molar-refractivity contribution in [1.29, 1.82) is 0 Å². The second-order valence-corrected chi connectivity index (χ2v) is 5.85. The van der Waals surface area contributed by atoms with E-state index in [4.69, 9.17) is 4.74 Å². The molecule has 0 saturated carbocycles. The highest BCUT2D eigenvalue weighted by atomic mass is 16.5. The van der Waals surface area contributed by atoms with Gasteiger partial charge in [0.15, 0.2) is 6.61 Å². The first-order chi connectivity index (χ1) is 11.6. The van der Waals surface area contributed by atoms with Gasteiger partial charge in [-0.2, -0.15) is 0 Å². The first-order valence-corrected chi connectivity index (χ1v) is 8.01. The van der Waals surface area contributed by atoms with E-state index >= 15 is 0 Å². The van der Waals surface area contributed by atoms with Crippen molar-refractivity contribution in [2.45, 2.75) is 19.8 Å². The van der Waals surface area contributed by atoms with E-state index in [-0.39, 0.29) is 18.4 Å². The average molecular weight is 324 g/mol. The van der Waals surface area contributed by atoms with E-state index < -0.39 is 0 Å². The van der Waals surface area contributed by atoms with Crippen molar-refractivity contribution >= 4 is 23.2 Å². The van der Waals surface area contributed by atoms with Crippen molar-refractivity contribution in [2.24, 2.45) is 0 Å². The number of hydrogen-bond donors (Lipinski definition) is 1. The van der Waals surface area contributed by atoms with Crippen LogP contribution in [0.15, 0.2) is 48.5 Å². The van der Waals surface area contributed by atoms with Crippen molar-refractivity contribution in [3.05, 3.63) is 54.1 Å². The SMILES string of the molecule is Cc1ccc(OCC(=O)Nc2cccc(N3CCCC3=O)c2)cc1. The summed E-state index contributed by atoms with van der Waals surface area (Å²) in [6, 6.07) is 14.9. The zero-order chi connectivity index (χ0) is 16.9. The molecule has 5 heteroatoms. The van der Waals surface area contributed by atoms with Gasteiger partial charge in [-0.1, -0.05) is 23.8 Å². The van der Waals surface area contributed by atoms with Crippen LogP contribution in [0, 0.1) is 6.92 Å². The Morgan fingerprint density at radius 2 is 2.00 bits per heavy atom. The van der Waals surface area contributed by atoms with Gasteiger partial charge in [-0.3, -0.25) is 9.59 Å². The lowest BCUT2D eigenvalue weighted by atomic mass is 10.2. The molecule has 1 fully saturated rings. The summed E-state index contributed by atoms with van der Waals surface area (Å²) >= 11 is 0. The summed E-state index contributed by atoms with van der Waals surface area (Å²) in [7, 11) is 0. The van der Waals surface area contributed by atoms with Gasteiger partial charge in [0, 0.05) is 24.3 Å². The fourth-order valence-corrected chi connectivity index (χ4v) is 2.65. The summed E-state index contributed by atoms with van der Waals surface area (Å²) in [6.07, 6.45) is 1.46. The van der Waals surface area contributed by atoms with Gasteiger partial charge in [0.2, 0.25) is 5.91 Å². The predicted octanol–water partition coefficient (Wildman–Crippen LogP) is 3.14. The standard InChI is InChI=1S/C19H20N2O3/c1-14-7-9-17(10-8-14)24-13-18(22)20-15-4-2-5-16(12-15)21-11-3-6-19(21)23/h2,4-5,7-10,12H,3,6,11,13H2,1H3,(H,20,22). The molecule has 124 valence electrons. The normalized spacial score (nSPS) is 13.9. The summed E-state index contributed by atoms with van der Waals surface area (Å²) in [5, 5.41) is 2.80. The third-order valence-electron chi connectivity index (χ3n) is 3.91. The van der Waals surface area contributed by atoms with Crippen molar-refractivity contribution in [3.8, 4) is 5.75 Å². The Kier molecular flexibility index (Phi) is 4.79. The average Bonchev–Trinajstić information content (AvgIpc) is 3.01. The van der Waals surface area contributed by atoms with E-state index in [1.54, 1.807) is 11.0 Å². The second kappa shape index (κ2) is 7.17. The summed E-state index contributed by atoms with van der Waals surface area (Å²) < 4.78 is 5.47. The smallest absolute Gasteiger partial charge is 0.262 e. The number of nitrogens with one attached hydrogen (secondary N) is 1. The fourth-order valence-electron chi connectivity index (χ4n) is 2.65. The first kappa shape index (κ1) is 16.1. The summed E-state index contributed by atoms with van der Waals surface area (Å²) in [5.41, 5.74) is 2.61. The number of hydrogen-bond acceptors (Lipinski definition) is 3. The quantitative estimate of drug-likeness (QED) is 0.919. The van der Waals surface area contributed by atoms with E-state index in [0.29, 0.717) is 17.9 Å². The second-order valence-electron chi connectivity index (χ2n) is 5.85. The number of carbonyl (C=O) groups is 2. The van der Waals surface area contributed by atoms with Gasteiger partial charge in [0.25, 0.3) is 5.91 Å². The maximum absolute atomic E-state index is 12.0. The molecule has 2 aromatic rings. The van der Waals surface area contributed by atoms with Crippen LogP contribution >= 0.6 is 0 Å². The van der Waals surface area contributed by atoms with Gasteiger partial charge in [0.05, 0.1) is 0 Å². The minimum atomic E-state index is -0.236. The number of aryl methyl sites for hydroxylation is 1. The zero-order valence-corrected chi connectivity index (χ0v) is 13.6. The van der Waals surface area contributed by atoms with E-state index in [0.717, 1.165) is 24.2 Å². The zero-order valence-electron chi connectivity index (χ0n) is 13.6. The molecule has 2 amide bonds. The molecule has 0 aliphatic carbocycles. The Labute approximate surface area is 141 Å². The molecule has 2 aromatic carbocycles. The monoisotopic (exact) mass is 324 g/mol. The van der Waals surface area contributed by atoms with Crippen LogP contribution in [0.1, 0.15) is 18.4 Å². The molecule has 0 radical (unpaired) electrons. The van der Waals surface area contributed by atoms with Gasteiger partial charge in [-0.05, 0) is 43.7 Å². The fraction of sp³-hybridized carbons (Fsp3) is 0.263. The topological polar surface area (TPSA) is 58.6 Å². The largest absolute Gasteiger partial charge is 0.484 e. The number of ether oxygens (including phenoxy) is 1. The highest BCUT2D eigenvalue weighted by Gasteiger charge is 2.21. The van der Waals surface area contributed by atoms with Crippen molar-refractivity contribution in [3.63, 3.8) is 0 Å². The molecular formula is C19H20N2O3. The lowest BCUT2D eigenvalue weighted by Crippen LogP contribution is -2.24. The minimum Gasteiger partial charge on any atom is -0.484 e. The molecule has 5 nitrogen and oxygen atoms in total. The molecule has 0 unspecified atom stereocenters. The minimum absolute atomic E-state index is 0.0596. The van der Waals surface area contributed by atoms with Crippen LogP contribution in [0.4, 0.5) is 11.4 Å². The number of carbonyl (C=O) groups excluding carboxylic acids is 2. The first-order valence-electron chi connectivity index (χ1n) is 8.01. The Morgan fingerprint density at radius 1 is 1.21 bits per heavy atom. The Bertz CT molecular complexity index is 741. The van der Waals surface area contributed by atoms with Crippen LogP contribution in [0.25, 0.3) is 0 Å². The lowest BCUT2D eigenvalue weighted by molar-refractivity contribution is -0.118. The third kappa shape index (κ3) is 3.93. The molecule has 0 aromatic heterocycles. The predicted molar refractivity (Wildman–Crippen MR) is 93.3 cm³/mol. The summed E-state index contributed by atoms with van der Waals surface area (Å²) in [4.78, 5) is 25.6. The Balaban J connectivity index is 1.58. The van der Waals surface area contributed by atoms with Crippen LogP contribution in [0.5, 0.6) is 5.75 Å². The summed E-state index contributed by atoms with van der Waals surface area (Å²) in [5.74, 6) is 0.550. The molecular weight excluding hydrogens is 304 g/mol. The number of rotatable bonds is 5. The van der Waals surface area contributed by atoms with Gasteiger partial charge in [-0.25, -0.2) is 0 Å². The van der Waals surface area contributed by atoms with E-state index in [9.17, 15) is 9.59 Å². The molecule has 1 N–H and O–H groups in total. The van der Waals surface area contributed by atoms with Crippen molar-refractivity contribution in [1.82, 2.24) is 0 Å². The van der Waals surface area contributed by atoms with Gasteiger partial charge in [-0.15, -0.1) is 0 Å². The molecule has 1 saturated heterocycles.